The zero-order valence-corrected chi connectivity index (χ0v) is 21.5. The summed E-state index contributed by atoms with van der Waals surface area (Å²) in [5, 5.41) is 9.27. The predicted molar refractivity (Wildman–Crippen MR) is 133 cm³/mol. The summed E-state index contributed by atoms with van der Waals surface area (Å²) in [4.78, 5) is 6.87. The summed E-state index contributed by atoms with van der Waals surface area (Å²) in [5.74, 6) is 0.687. The first-order chi connectivity index (χ1) is 15.9. The van der Waals surface area contributed by atoms with E-state index in [9.17, 15) is 0 Å². The van der Waals surface area contributed by atoms with Gasteiger partial charge in [0.15, 0.2) is 5.82 Å². The molecule has 0 aliphatic heterocycles. The van der Waals surface area contributed by atoms with E-state index in [1.165, 1.54) is 17.2 Å². The smallest absolute Gasteiger partial charge is 0.759 e. The topological polar surface area (TPSA) is 134 Å². The molecule has 1 heterocycles. The second-order valence-corrected chi connectivity index (χ2v) is 9.99. The SMILES string of the molecule is CCN(CC[N+](C)(C)C)c1ccc(N=Nc2nc(-c3ccccc3)ns2)c(C)c1.O=S(=O)([O-])[O-].[H+]. The van der Waals surface area contributed by atoms with Gasteiger partial charge in [-0.2, -0.15) is 9.36 Å². The molecule has 2 aromatic carbocycles. The summed E-state index contributed by atoms with van der Waals surface area (Å²) < 4.78 is 39.4. The number of hydrogen-bond donors (Lipinski definition) is 0. The molecule has 0 N–H and O–H groups in total. The van der Waals surface area contributed by atoms with Gasteiger partial charge >= 0.3 is 1.43 Å². The normalized spacial score (nSPS) is 11.9. The number of quaternary nitrogens is 1. The maximum absolute atomic E-state index is 8.52. The van der Waals surface area contributed by atoms with Crippen LogP contribution in [0.2, 0.25) is 0 Å². The van der Waals surface area contributed by atoms with Crippen LogP contribution in [0.1, 0.15) is 13.9 Å². The minimum absolute atomic E-state index is 0. The standard InChI is InChI=1S/C22H29N6S.H2O4S/c1-6-27(14-15-28(3,4)5)19-12-13-20(17(2)16-19)24-25-22-23-21(26-29-22)18-10-8-7-9-11-18;1-5(2,3)4/h7-13,16H,6,14-15H2,1-5H3;(H2,1,2,3,4)/q+1;/p-1. The first kappa shape index (κ1) is 27.5. The molecule has 0 saturated heterocycles. The summed E-state index contributed by atoms with van der Waals surface area (Å²) >= 11 is 1.26. The molecule has 0 radical (unpaired) electrons. The first-order valence-corrected chi connectivity index (χ1v) is 12.6. The molecule has 0 bridgehead atoms. The molecule has 3 aromatic rings. The van der Waals surface area contributed by atoms with Gasteiger partial charge in [0.25, 0.3) is 0 Å². The lowest BCUT2D eigenvalue weighted by Crippen LogP contribution is -2.42. The highest BCUT2D eigenvalue weighted by molar-refractivity contribution is 7.79. The Bertz CT molecular complexity index is 1190. The van der Waals surface area contributed by atoms with Gasteiger partial charge in [-0.3, -0.25) is 8.42 Å². The monoisotopic (exact) mass is 506 g/mol. The molecule has 34 heavy (non-hydrogen) atoms. The number of anilines is 1. The fourth-order valence-electron chi connectivity index (χ4n) is 2.90. The molecular formula is C22H30N6O4S2. The Hall–Kier alpha value is -2.77. The van der Waals surface area contributed by atoms with Crippen LogP contribution in [0.15, 0.2) is 58.8 Å². The summed E-state index contributed by atoms with van der Waals surface area (Å²) in [6.45, 7) is 7.36. The van der Waals surface area contributed by atoms with Crippen molar-refractivity contribution in [3.63, 3.8) is 0 Å². The zero-order valence-electron chi connectivity index (χ0n) is 20.9. The van der Waals surface area contributed by atoms with Crippen molar-refractivity contribution in [3.8, 4) is 11.4 Å². The molecule has 12 heteroatoms. The van der Waals surface area contributed by atoms with Gasteiger partial charge in [-0.1, -0.05) is 30.3 Å². The van der Waals surface area contributed by atoms with E-state index in [4.69, 9.17) is 17.5 Å². The van der Waals surface area contributed by atoms with Crippen LogP contribution in [-0.4, -0.2) is 72.1 Å². The fraction of sp³-hybridized carbons (Fsp3) is 0.364. The van der Waals surface area contributed by atoms with Gasteiger partial charge in [0, 0.05) is 39.7 Å². The van der Waals surface area contributed by atoms with Crippen molar-refractivity contribution in [2.24, 2.45) is 10.2 Å². The summed E-state index contributed by atoms with van der Waals surface area (Å²) in [6.07, 6.45) is 0. The maximum Gasteiger partial charge on any atom is 1.00 e. The number of rotatable bonds is 8. The number of aryl methyl sites for hydroxylation is 1. The molecule has 0 aliphatic carbocycles. The van der Waals surface area contributed by atoms with E-state index in [2.05, 4.69) is 71.6 Å². The third-order valence-corrected chi connectivity index (χ3v) is 5.26. The van der Waals surface area contributed by atoms with Crippen molar-refractivity contribution in [3.05, 3.63) is 54.1 Å². The van der Waals surface area contributed by atoms with E-state index in [0.717, 1.165) is 40.9 Å². The lowest BCUT2D eigenvalue weighted by atomic mass is 10.1. The molecule has 3 rings (SSSR count). The molecule has 0 fully saturated rings. The van der Waals surface area contributed by atoms with Crippen molar-refractivity contribution >= 4 is 38.4 Å². The average molecular weight is 507 g/mol. The van der Waals surface area contributed by atoms with Gasteiger partial charge in [0.05, 0.1) is 39.9 Å². The van der Waals surface area contributed by atoms with Crippen LogP contribution >= 0.6 is 11.5 Å². The quantitative estimate of drug-likeness (QED) is 0.193. The van der Waals surface area contributed by atoms with Crippen LogP contribution in [0.4, 0.5) is 16.5 Å². The lowest BCUT2D eigenvalue weighted by Gasteiger charge is -2.29. The van der Waals surface area contributed by atoms with Crippen LogP contribution in [-0.2, 0) is 10.4 Å². The van der Waals surface area contributed by atoms with E-state index < -0.39 is 10.4 Å². The predicted octanol–water partition coefficient (Wildman–Crippen LogP) is 4.24. The highest BCUT2D eigenvalue weighted by Crippen LogP contribution is 2.28. The molecule has 0 amide bonds. The van der Waals surface area contributed by atoms with E-state index >= 15 is 0 Å². The highest BCUT2D eigenvalue weighted by Gasteiger charge is 2.12. The molecule has 0 saturated carbocycles. The number of likely N-dealkylation sites (N-methyl/N-ethyl adjacent to an activating group) is 2. The maximum atomic E-state index is 8.52. The van der Waals surface area contributed by atoms with Crippen molar-refractivity contribution in [1.82, 2.24) is 9.36 Å². The fourth-order valence-corrected chi connectivity index (χ4v) is 3.42. The highest BCUT2D eigenvalue weighted by atomic mass is 32.3. The van der Waals surface area contributed by atoms with Gasteiger partial charge in [-0.25, -0.2) is 0 Å². The molecule has 0 unspecified atom stereocenters. The minimum atomic E-state index is -5.17. The molecule has 1 aromatic heterocycles. The first-order valence-electron chi connectivity index (χ1n) is 10.5. The van der Waals surface area contributed by atoms with Crippen molar-refractivity contribution in [2.45, 2.75) is 13.8 Å². The molecule has 10 nitrogen and oxygen atoms in total. The second-order valence-electron chi connectivity index (χ2n) is 8.44. The molecule has 184 valence electrons. The Kier molecular flexibility index (Phi) is 9.77. The Balaban J connectivity index is 0.000000927. The number of azo groups is 1. The van der Waals surface area contributed by atoms with Gasteiger partial charge in [0.1, 0.15) is 0 Å². The Labute approximate surface area is 206 Å². The number of nitrogens with zero attached hydrogens (tertiary/aromatic N) is 6. The summed E-state index contributed by atoms with van der Waals surface area (Å²) in [7, 11) is 1.50. The average Bonchev–Trinajstić information content (AvgIpc) is 3.21. The number of aromatic nitrogens is 2. The molecular weight excluding hydrogens is 476 g/mol. The van der Waals surface area contributed by atoms with Gasteiger partial charge < -0.3 is 18.5 Å². The third-order valence-electron chi connectivity index (χ3n) is 4.66. The Morgan fingerprint density at radius 3 is 2.29 bits per heavy atom. The van der Waals surface area contributed by atoms with Crippen LogP contribution in [0.3, 0.4) is 0 Å². The van der Waals surface area contributed by atoms with Gasteiger partial charge in [0.2, 0.25) is 5.13 Å². The minimum Gasteiger partial charge on any atom is -0.759 e. The lowest BCUT2D eigenvalue weighted by molar-refractivity contribution is -0.868. The number of benzene rings is 2. The van der Waals surface area contributed by atoms with Crippen molar-refractivity contribution in [1.29, 1.82) is 0 Å². The van der Waals surface area contributed by atoms with Crippen molar-refractivity contribution in [2.75, 3.05) is 45.7 Å². The van der Waals surface area contributed by atoms with E-state index in [1.54, 1.807) is 0 Å². The second kappa shape index (κ2) is 12.1. The summed E-state index contributed by atoms with van der Waals surface area (Å²) in [6, 6.07) is 16.2. The van der Waals surface area contributed by atoms with E-state index in [0.29, 0.717) is 11.0 Å². The Morgan fingerprint density at radius 2 is 1.74 bits per heavy atom. The zero-order chi connectivity index (χ0) is 25.4. The van der Waals surface area contributed by atoms with Gasteiger partial charge in [-0.05, 0) is 37.6 Å². The van der Waals surface area contributed by atoms with Crippen LogP contribution in [0.5, 0.6) is 0 Å². The summed E-state index contributed by atoms with van der Waals surface area (Å²) in [5.41, 5.74) is 4.16. The molecule has 0 spiro atoms. The van der Waals surface area contributed by atoms with Crippen LogP contribution < -0.4 is 4.90 Å². The third kappa shape index (κ3) is 10.0. The Morgan fingerprint density at radius 1 is 1.09 bits per heavy atom. The van der Waals surface area contributed by atoms with Crippen LogP contribution in [0.25, 0.3) is 11.4 Å². The van der Waals surface area contributed by atoms with Crippen LogP contribution in [0, 0.1) is 6.92 Å². The molecule has 0 atom stereocenters. The molecule has 0 aliphatic rings. The number of hydrogen-bond acceptors (Lipinski definition) is 10. The van der Waals surface area contributed by atoms with Gasteiger partial charge in [-0.15, -0.1) is 10.2 Å². The van der Waals surface area contributed by atoms with E-state index in [-0.39, 0.29) is 1.43 Å². The largest absolute Gasteiger partial charge is 1.00 e. The van der Waals surface area contributed by atoms with E-state index in [1.807, 2.05) is 36.4 Å². The van der Waals surface area contributed by atoms with Crippen molar-refractivity contribution < 1.29 is 23.4 Å².